The molecule has 3 nitrogen and oxygen atoms in total. The van der Waals surface area contributed by atoms with Crippen molar-refractivity contribution in [2.75, 3.05) is 25.4 Å². The topological polar surface area (TPSA) is 36.4 Å². The number of hydrogen-bond donors (Lipinski definition) is 2. The second kappa shape index (κ2) is 9.29. The molecule has 0 aliphatic carbocycles. The predicted octanol–water partition coefficient (Wildman–Crippen LogP) is 2.11. The third-order valence-corrected chi connectivity index (χ3v) is 3.14. The molecule has 0 aliphatic rings. The molecule has 0 spiro atoms. The molecular formula is C14H18FN3S. The van der Waals surface area contributed by atoms with Crippen molar-refractivity contribution in [1.29, 1.82) is 0 Å². The highest BCUT2D eigenvalue weighted by Gasteiger charge is 1.96. The van der Waals surface area contributed by atoms with E-state index in [4.69, 9.17) is 6.42 Å². The Balaban J connectivity index is 2.34. The Morgan fingerprint density at radius 3 is 2.74 bits per heavy atom. The molecule has 0 aliphatic heterocycles. The van der Waals surface area contributed by atoms with Gasteiger partial charge in [0.25, 0.3) is 0 Å². The van der Waals surface area contributed by atoms with E-state index in [-0.39, 0.29) is 5.82 Å². The van der Waals surface area contributed by atoms with Crippen LogP contribution in [-0.2, 0) is 0 Å². The molecule has 102 valence electrons. The van der Waals surface area contributed by atoms with Crippen LogP contribution in [0, 0.1) is 18.2 Å². The second-order valence-corrected chi connectivity index (χ2v) is 4.79. The van der Waals surface area contributed by atoms with Crippen molar-refractivity contribution in [1.82, 2.24) is 10.6 Å². The first-order valence-corrected chi connectivity index (χ1v) is 7.09. The molecule has 0 heterocycles. The van der Waals surface area contributed by atoms with Crippen LogP contribution in [0.4, 0.5) is 4.39 Å². The fourth-order valence-electron chi connectivity index (χ4n) is 1.33. The van der Waals surface area contributed by atoms with Crippen molar-refractivity contribution in [3.8, 4) is 12.3 Å². The Morgan fingerprint density at radius 1 is 1.37 bits per heavy atom. The molecule has 0 amide bonds. The van der Waals surface area contributed by atoms with Gasteiger partial charge in [-0.15, -0.1) is 18.2 Å². The monoisotopic (exact) mass is 279 g/mol. The van der Waals surface area contributed by atoms with Crippen molar-refractivity contribution >= 4 is 17.7 Å². The van der Waals surface area contributed by atoms with E-state index in [1.165, 1.54) is 12.1 Å². The summed E-state index contributed by atoms with van der Waals surface area (Å²) in [5.41, 5.74) is 0. The Morgan fingerprint density at radius 2 is 2.11 bits per heavy atom. The maximum Gasteiger partial charge on any atom is 0.192 e. The Bertz CT molecular complexity index is 437. The first kappa shape index (κ1) is 15.4. The standard InChI is InChI=1S/C14H18FN3S/c1-3-9-17-14(16-4-2)18-10-11-19-13-7-5-12(15)6-8-13/h1,5-8H,4,9-11H2,2H3,(H2,16,17,18). The lowest BCUT2D eigenvalue weighted by molar-refractivity contribution is 0.626. The predicted molar refractivity (Wildman–Crippen MR) is 79.9 cm³/mol. The van der Waals surface area contributed by atoms with Gasteiger partial charge < -0.3 is 10.6 Å². The van der Waals surface area contributed by atoms with Crippen LogP contribution >= 0.6 is 11.8 Å². The van der Waals surface area contributed by atoms with Gasteiger partial charge >= 0.3 is 0 Å². The molecule has 0 fully saturated rings. The maximum atomic E-state index is 12.7. The van der Waals surface area contributed by atoms with Crippen LogP contribution in [0.2, 0.25) is 0 Å². The molecule has 0 aromatic heterocycles. The second-order valence-electron chi connectivity index (χ2n) is 3.62. The lowest BCUT2D eigenvalue weighted by Crippen LogP contribution is -2.37. The summed E-state index contributed by atoms with van der Waals surface area (Å²) in [6, 6.07) is 6.46. The van der Waals surface area contributed by atoms with E-state index in [2.05, 4.69) is 21.5 Å². The summed E-state index contributed by atoms with van der Waals surface area (Å²) in [7, 11) is 0. The van der Waals surface area contributed by atoms with Crippen molar-refractivity contribution in [2.24, 2.45) is 4.99 Å². The average molecular weight is 279 g/mol. The number of terminal acetylenes is 1. The van der Waals surface area contributed by atoms with Gasteiger partial charge in [0.1, 0.15) is 5.82 Å². The number of nitrogens with one attached hydrogen (secondary N) is 2. The number of nitrogens with zero attached hydrogens (tertiary/aromatic N) is 1. The lowest BCUT2D eigenvalue weighted by atomic mass is 10.4. The number of halogens is 1. The SMILES string of the molecule is C#CCNC(=NCCSc1ccc(F)cc1)NCC. The minimum Gasteiger partial charge on any atom is -0.357 e. The van der Waals surface area contributed by atoms with Gasteiger partial charge in [0.05, 0.1) is 13.1 Å². The molecule has 0 saturated heterocycles. The third-order valence-electron chi connectivity index (χ3n) is 2.15. The molecule has 19 heavy (non-hydrogen) atoms. The third kappa shape index (κ3) is 6.73. The Labute approximate surface area is 118 Å². The summed E-state index contributed by atoms with van der Waals surface area (Å²) in [5, 5.41) is 6.13. The maximum absolute atomic E-state index is 12.7. The van der Waals surface area contributed by atoms with Gasteiger partial charge in [0.15, 0.2) is 5.96 Å². The van der Waals surface area contributed by atoms with Gasteiger partial charge in [-0.05, 0) is 31.2 Å². The van der Waals surface area contributed by atoms with Gasteiger partial charge in [-0.3, -0.25) is 4.99 Å². The highest BCUT2D eigenvalue weighted by molar-refractivity contribution is 7.99. The molecule has 1 aromatic rings. The largest absolute Gasteiger partial charge is 0.357 e. The molecule has 0 radical (unpaired) electrons. The zero-order valence-corrected chi connectivity index (χ0v) is 11.8. The van der Waals surface area contributed by atoms with Gasteiger partial charge in [0.2, 0.25) is 0 Å². The normalized spacial score (nSPS) is 10.9. The van der Waals surface area contributed by atoms with Gasteiger partial charge in [-0.1, -0.05) is 5.92 Å². The summed E-state index contributed by atoms with van der Waals surface area (Å²) in [6.07, 6.45) is 5.19. The molecule has 0 saturated carbocycles. The van der Waals surface area contributed by atoms with Crippen LogP contribution in [0.3, 0.4) is 0 Å². The van der Waals surface area contributed by atoms with Gasteiger partial charge in [-0.2, -0.15) is 0 Å². The summed E-state index contributed by atoms with van der Waals surface area (Å²) in [4.78, 5) is 5.43. The molecular weight excluding hydrogens is 261 g/mol. The number of rotatable bonds is 6. The number of benzene rings is 1. The molecule has 5 heteroatoms. The van der Waals surface area contributed by atoms with Crippen molar-refractivity contribution in [3.63, 3.8) is 0 Å². The number of hydrogen-bond acceptors (Lipinski definition) is 2. The van der Waals surface area contributed by atoms with Crippen molar-refractivity contribution < 1.29 is 4.39 Å². The lowest BCUT2D eigenvalue weighted by Gasteiger charge is -2.08. The van der Waals surface area contributed by atoms with E-state index in [0.29, 0.717) is 13.1 Å². The van der Waals surface area contributed by atoms with E-state index >= 15 is 0 Å². The van der Waals surface area contributed by atoms with E-state index in [1.54, 1.807) is 23.9 Å². The smallest absolute Gasteiger partial charge is 0.192 e. The molecule has 0 bridgehead atoms. The first-order valence-electron chi connectivity index (χ1n) is 6.10. The Kier molecular flexibility index (Phi) is 7.52. The highest BCUT2D eigenvalue weighted by atomic mass is 32.2. The fourth-order valence-corrected chi connectivity index (χ4v) is 2.08. The van der Waals surface area contributed by atoms with Crippen LogP contribution in [0.25, 0.3) is 0 Å². The number of thioether (sulfide) groups is 1. The molecule has 0 unspecified atom stereocenters. The molecule has 1 rings (SSSR count). The minimum atomic E-state index is -0.213. The van der Waals surface area contributed by atoms with Gasteiger partial charge in [-0.25, -0.2) is 4.39 Å². The van der Waals surface area contributed by atoms with E-state index in [1.807, 2.05) is 6.92 Å². The van der Waals surface area contributed by atoms with Crippen LogP contribution in [0.1, 0.15) is 6.92 Å². The zero-order valence-electron chi connectivity index (χ0n) is 10.9. The van der Waals surface area contributed by atoms with Crippen LogP contribution < -0.4 is 10.6 Å². The summed E-state index contributed by atoms with van der Waals surface area (Å²) in [6.45, 7) is 3.92. The highest BCUT2D eigenvalue weighted by Crippen LogP contribution is 2.17. The van der Waals surface area contributed by atoms with Crippen molar-refractivity contribution in [2.45, 2.75) is 11.8 Å². The van der Waals surface area contributed by atoms with Gasteiger partial charge in [0, 0.05) is 17.2 Å². The molecule has 0 atom stereocenters. The van der Waals surface area contributed by atoms with Crippen LogP contribution in [-0.4, -0.2) is 31.3 Å². The number of aliphatic imine (C=N–C) groups is 1. The first-order chi connectivity index (χ1) is 9.26. The molecule has 1 aromatic carbocycles. The van der Waals surface area contributed by atoms with E-state index < -0.39 is 0 Å². The molecule has 2 N–H and O–H groups in total. The van der Waals surface area contributed by atoms with Crippen LogP contribution in [0.15, 0.2) is 34.2 Å². The van der Waals surface area contributed by atoms with Crippen molar-refractivity contribution in [3.05, 3.63) is 30.1 Å². The van der Waals surface area contributed by atoms with Crippen LogP contribution in [0.5, 0.6) is 0 Å². The summed E-state index contributed by atoms with van der Waals surface area (Å²) in [5.74, 6) is 3.85. The average Bonchev–Trinajstić information content (AvgIpc) is 2.42. The van der Waals surface area contributed by atoms with E-state index in [9.17, 15) is 4.39 Å². The Hall–Kier alpha value is -1.67. The zero-order chi connectivity index (χ0) is 13.9. The summed E-state index contributed by atoms with van der Waals surface area (Å²) < 4.78 is 12.7. The number of guanidine groups is 1. The van der Waals surface area contributed by atoms with E-state index in [0.717, 1.165) is 23.2 Å². The minimum absolute atomic E-state index is 0.213. The fraction of sp³-hybridized carbons (Fsp3) is 0.357. The quantitative estimate of drug-likeness (QED) is 0.275. The summed E-state index contributed by atoms with van der Waals surface area (Å²) >= 11 is 1.64.